The minimum atomic E-state index is 0.0494. The van der Waals surface area contributed by atoms with Crippen LogP contribution in [0, 0.1) is 0 Å². The van der Waals surface area contributed by atoms with Gasteiger partial charge in [-0.25, -0.2) is 4.98 Å². The Morgan fingerprint density at radius 1 is 1.35 bits per heavy atom. The molecule has 26 heavy (non-hydrogen) atoms. The van der Waals surface area contributed by atoms with Gasteiger partial charge < -0.3 is 8.94 Å². The van der Waals surface area contributed by atoms with Crippen LogP contribution in [0.25, 0.3) is 21.7 Å². The molecule has 0 saturated heterocycles. The molecule has 4 aromatic heterocycles. The van der Waals surface area contributed by atoms with E-state index in [1.54, 1.807) is 35.3 Å². The van der Waals surface area contributed by atoms with E-state index in [1.807, 2.05) is 12.1 Å². The van der Waals surface area contributed by atoms with Crippen molar-refractivity contribution in [1.82, 2.24) is 14.7 Å². The van der Waals surface area contributed by atoms with Gasteiger partial charge in [-0.2, -0.15) is 0 Å². The van der Waals surface area contributed by atoms with E-state index in [-0.39, 0.29) is 5.56 Å². The third-order valence-corrected chi connectivity index (χ3v) is 6.83. The van der Waals surface area contributed by atoms with Crippen LogP contribution in [0.2, 0.25) is 0 Å². The van der Waals surface area contributed by atoms with Crippen molar-refractivity contribution in [2.24, 2.45) is 7.05 Å². The number of nitrogens with zero attached hydrogens (tertiary/aromatic N) is 3. The summed E-state index contributed by atoms with van der Waals surface area (Å²) in [7, 11) is 1.78. The predicted molar refractivity (Wildman–Crippen MR) is 101 cm³/mol. The zero-order chi connectivity index (χ0) is 17.7. The molecule has 4 aromatic rings. The number of hydrogen-bond acceptors (Lipinski definition) is 7. The largest absolute Gasteiger partial charge is 0.461 e. The third kappa shape index (κ3) is 2.52. The Labute approximate surface area is 156 Å². The Balaban J connectivity index is 1.43. The molecule has 1 aliphatic carbocycles. The van der Waals surface area contributed by atoms with Crippen LogP contribution in [0.4, 0.5) is 0 Å². The van der Waals surface area contributed by atoms with Gasteiger partial charge in [0.1, 0.15) is 4.83 Å². The summed E-state index contributed by atoms with van der Waals surface area (Å²) in [5, 5.41) is 5.59. The van der Waals surface area contributed by atoms with Gasteiger partial charge in [0, 0.05) is 23.7 Å². The Morgan fingerprint density at radius 3 is 3.12 bits per heavy atom. The lowest BCUT2D eigenvalue weighted by Crippen LogP contribution is -2.20. The highest BCUT2D eigenvalue weighted by molar-refractivity contribution is 7.98. The Kier molecular flexibility index (Phi) is 3.75. The molecule has 0 bridgehead atoms. The van der Waals surface area contributed by atoms with E-state index in [1.165, 1.54) is 22.2 Å². The number of furan rings is 1. The second-order valence-electron chi connectivity index (χ2n) is 6.24. The summed E-state index contributed by atoms with van der Waals surface area (Å²) in [5.41, 5.74) is 2.05. The predicted octanol–water partition coefficient (Wildman–Crippen LogP) is 4.02. The van der Waals surface area contributed by atoms with Crippen LogP contribution in [0.3, 0.4) is 0 Å². The first-order valence-electron chi connectivity index (χ1n) is 8.34. The molecule has 0 amide bonds. The maximum Gasteiger partial charge on any atom is 0.262 e. The minimum absolute atomic E-state index is 0.0494. The number of hydrogen-bond donors (Lipinski definition) is 0. The fourth-order valence-corrected chi connectivity index (χ4v) is 5.44. The zero-order valence-corrected chi connectivity index (χ0v) is 15.7. The number of aryl methyl sites for hydroxylation is 2. The van der Waals surface area contributed by atoms with Gasteiger partial charge in [0.05, 0.1) is 17.3 Å². The van der Waals surface area contributed by atoms with Crippen molar-refractivity contribution in [3.63, 3.8) is 0 Å². The molecule has 132 valence electrons. The molecule has 0 saturated carbocycles. The van der Waals surface area contributed by atoms with Crippen molar-refractivity contribution in [2.75, 3.05) is 0 Å². The lowest BCUT2D eigenvalue weighted by molar-refractivity contribution is 0.413. The molecule has 6 nitrogen and oxygen atoms in total. The fraction of sp³-hybridized carbons (Fsp3) is 0.278. The summed E-state index contributed by atoms with van der Waals surface area (Å²) in [4.78, 5) is 19.7. The SMILES string of the molecule is Cn1c(SCc2cc(-c3ccco3)on2)nc2sc3c(c2c1=O)CCC3. The van der Waals surface area contributed by atoms with Crippen LogP contribution in [0.15, 0.2) is 43.4 Å². The summed E-state index contributed by atoms with van der Waals surface area (Å²) in [6, 6.07) is 5.48. The lowest BCUT2D eigenvalue weighted by atomic mass is 10.2. The highest BCUT2D eigenvalue weighted by atomic mass is 32.2. The molecule has 0 aromatic carbocycles. The van der Waals surface area contributed by atoms with Gasteiger partial charge in [-0.05, 0) is 37.0 Å². The number of rotatable bonds is 4. The molecule has 0 radical (unpaired) electrons. The quantitative estimate of drug-likeness (QED) is 0.390. The highest BCUT2D eigenvalue weighted by Gasteiger charge is 2.22. The van der Waals surface area contributed by atoms with E-state index in [4.69, 9.17) is 13.9 Å². The van der Waals surface area contributed by atoms with Crippen molar-refractivity contribution < 1.29 is 8.94 Å². The van der Waals surface area contributed by atoms with Crippen LogP contribution in [-0.2, 0) is 25.6 Å². The minimum Gasteiger partial charge on any atom is -0.461 e. The van der Waals surface area contributed by atoms with Crippen molar-refractivity contribution >= 4 is 33.3 Å². The molecule has 0 atom stereocenters. The van der Waals surface area contributed by atoms with Crippen molar-refractivity contribution in [3.8, 4) is 11.5 Å². The van der Waals surface area contributed by atoms with E-state index in [0.29, 0.717) is 22.4 Å². The van der Waals surface area contributed by atoms with E-state index < -0.39 is 0 Å². The second kappa shape index (κ2) is 6.14. The zero-order valence-electron chi connectivity index (χ0n) is 14.0. The molecule has 5 rings (SSSR count). The number of thioether (sulfide) groups is 1. The van der Waals surface area contributed by atoms with Crippen LogP contribution in [0.1, 0.15) is 22.6 Å². The van der Waals surface area contributed by atoms with Gasteiger partial charge in [0.15, 0.2) is 10.9 Å². The monoisotopic (exact) mass is 385 g/mol. The first-order valence-corrected chi connectivity index (χ1v) is 10.1. The summed E-state index contributed by atoms with van der Waals surface area (Å²) < 4.78 is 12.3. The van der Waals surface area contributed by atoms with Crippen LogP contribution >= 0.6 is 23.1 Å². The smallest absolute Gasteiger partial charge is 0.262 e. The molecule has 0 N–H and O–H groups in total. The van der Waals surface area contributed by atoms with Gasteiger partial charge in [0.25, 0.3) is 5.56 Å². The molecule has 0 spiro atoms. The summed E-state index contributed by atoms with van der Waals surface area (Å²) in [6.07, 6.45) is 4.80. The standard InChI is InChI=1S/C18H15N3O3S2/c1-21-17(22)15-11-4-2-6-14(11)26-16(15)19-18(21)25-9-10-8-13(24-20-10)12-5-3-7-23-12/h3,5,7-8H,2,4,6,9H2,1H3. The summed E-state index contributed by atoms with van der Waals surface area (Å²) >= 11 is 3.15. The average molecular weight is 385 g/mol. The number of fused-ring (bicyclic) bond motifs is 3. The molecule has 1 aliphatic rings. The molecular formula is C18H15N3O3S2. The summed E-state index contributed by atoms with van der Waals surface area (Å²) in [5.74, 6) is 1.81. The van der Waals surface area contributed by atoms with Crippen molar-refractivity contribution in [1.29, 1.82) is 0 Å². The maximum absolute atomic E-state index is 12.8. The average Bonchev–Trinajstić information content (AvgIpc) is 3.40. The maximum atomic E-state index is 12.8. The Bertz CT molecular complexity index is 1150. The lowest BCUT2D eigenvalue weighted by Gasteiger charge is -2.06. The first kappa shape index (κ1) is 15.9. The first-order chi connectivity index (χ1) is 12.7. The van der Waals surface area contributed by atoms with Crippen molar-refractivity contribution in [2.45, 2.75) is 30.2 Å². The van der Waals surface area contributed by atoms with Gasteiger partial charge in [-0.3, -0.25) is 9.36 Å². The fourth-order valence-electron chi connectivity index (χ4n) is 3.29. The number of thiophene rings is 1. The Hall–Kier alpha value is -2.32. The van der Waals surface area contributed by atoms with E-state index >= 15 is 0 Å². The van der Waals surface area contributed by atoms with Crippen LogP contribution in [0.5, 0.6) is 0 Å². The topological polar surface area (TPSA) is 74.1 Å². The van der Waals surface area contributed by atoms with Gasteiger partial charge >= 0.3 is 0 Å². The molecule has 0 aliphatic heterocycles. The van der Waals surface area contributed by atoms with E-state index in [9.17, 15) is 4.79 Å². The summed E-state index contributed by atoms with van der Waals surface area (Å²) in [6.45, 7) is 0. The van der Waals surface area contributed by atoms with E-state index in [0.717, 1.165) is 35.2 Å². The van der Waals surface area contributed by atoms with Crippen LogP contribution < -0.4 is 5.56 Å². The molecular weight excluding hydrogens is 370 g/mol. The van der Waals surface area contributed by atoms with Gasteiger partial charge in [-0.15, -0.1) is 11.3 Å². The Morgan fingerprint density at radius 2 is 2.27 bits per heavy atom. The van der Waals surface area contributed by atoms with Gasteiger partial charge in [0.2, 0.25) is 5.76 Å². The molecule has 0 fully saturated rings. The van der Waals surface area contributed by atoms with Crippen LogP contribution in [-0.4, -0.2) is 14.7 Å². The third-order valence-electron chi connectivity index (χ3n) is 4.58. The molecule has 8 heteroatoms. The second-order valence-corrected chi connectivity index (χ2v) is 8.27. The van der Waals surface area contributed by atoms with E-state index in [2.05, 4.69) is 5.16 Å². The van der Waals surface area contributed by atoms with Crippen molar-refractivity contribution in [3.05, 3.63) is 51.0 Å². The molecule has 4 heterocycles. The number of aromatic nitrogens is 3. The van der Waals surface area contributed by atoms with Gasteiger partial charge in [-0.1, -0.05) is 16.9 Å². The normalized spacial score (nSPS) is 13.6. The molecule has 0 unspecified atom stereocenters. The highest BCUT2D eigenvalue weighted by Crippen LogP contribution is 2.35.